The van der Waals surface area contributed by atoms with Gasteiger partial charge in [-0.25, -0.2) is 4.79 Å². The number of hydrogen-bond donors (Lipinski definition) is 0. The normalized spacial score (nSPS) is 14.1. The number of anilines is 1. The van der Waals surface area contributed by atoms with Crippen molar-refractivity contribution in [2.24, 2.45) is 0 Å². The highest BCUT2D eigenvalue weighted by molar-refractivity contribution is 5.95. The maximum absolute atomic E-state index is 12.2. The number of piperidine rings is 1. The molecule has 1 aliphatic heterocycles. The molecule has 0 N–H and O–H groups in total. The highest BCUT2D eigenvalue weighted by Crippen LogP contribution is 2.21. The van der Waals surface area contributed by atoms with Gasteiger partial charge >= 0.3 is 5.97 Å². The average Bonchev–Trinajstić information content (AvgIpc) is 3.22. The predicted molar refractivity (Wildman–Crippen MR) is 99.3 cm³/mol. The first-order chi connectivity index (χ1) is 13.7. The zero-order chi connectivity index (χ0) is 19.3. The topological polar surface area (TPSA) is 98.4 Å². The summed E-state index contributed by atoms with van der Waals surface area (Å²) in [5.74, 6) is 0.192. The van der Waals surface area contributed by atoms with Crippen LogP contribution in [-0.4, -0.2) is 33.5 Å². The first-order valence-electron chi connectivity index (χ1n) is 9.01. The SMILES string of the molecule is O=C(OCc1nc(-c2cccnc2)no1)c1ccc(N2CCCCC2=O)cc1. The number of ether oxygens (including phenoxy) is 1. The Morgan fingerprint density at radius 1 is 1.18 bits per heavy atom. The van der Waals surface area contributed by atoms with Gasteiger partial charge < -0.3 is 14.2 Å². The fourth-order valence-corrected chi connectivity index (χ4v) is 2.99. The molecular formula is C20H18N4O4. The van der Waals surface area contributed by atoms with Crippen molar-refractivity contribution < 1.29 is 18.8 Å². The number of nitrogens with zero attached hydrogens (tertiary/aromatic N) is 4. The van der Waals surface area contributed by atoms with Gasteiger partial charge in [0.15, 0.2) is 6.61 Å². The maximum atomic E-state index is 12.2. The van der Waals surface area contributed by atoms with Crippen LogP contribution in [0.3, 0.4) is 0 Å². The Labute approximate surface area is 161 Å². The third-order valence-electron chi connectivity index (χ3n) is 4.45. The molecule has 0 bridgehead atoms. The first kappa shape index (κ1) is 17.8. The summed E-state index contributed by atoms with van der Waals surface area (Å²) < 4.78 is 10.3. The van der Waals surface area contributed by atoms with E-state index in [-0.39, 0.29) is 18.4 Å². The van der Waals surface area contributed by atoms with Gasteiger partial charge in [-0.05, 0) is 49.2 Å². The summed E-state index contributed by atoms with van der Waals surface area (Å²) in [6.07, 6.45) is 5.75. The highest BCUT2D eigenvalue weighted by Gasteiger charge is 2.20. The number of rotatable bonds is 5. The molecule has 1 amide bonds. The zero-order valence-corrected chi connectivity index (χ0v) is 15.1. The number of carbonyl (C=O) groups is 2. The summed E-state index contributed by atoms with van der Waals surface area (Å²) >= 11 is 0. The van der Waals surface area contributed by atoms with Gasteiger partial charge in [0.25, 0.3) is 5.89 Å². The van der Waals surface area contributed by atoms with Crippen LogP contribution in [0.25, 0.3) is 11.4 Å². The molecule has 8 heteroatoms. The zero-order valence-electron chi connectivity index (χ0n) is 15.1. The van der Waals surface area contributed by atoms with Crippen LogP contribution in [0.4, 0.5) is 5.69 Å². The van der Waals surface area contributed by atoms with E-state index >= 15 is 0 Å². The van der Waals surface area contributed by atoms with Crippen molar-refractivity contribution in [3.63, 3.8) is 0 Å². The molecule has 3 heterocycles. The Balaban J connectivity index is 1.36. The first-order valence-corrected chi connectivity index (χ1v) is 9.01. The summed E-state index contributed by atoms with van der Waals surface area (Å²) in [6.45, 7) is 0.581. The number of pyridine rings is 1. The van der Waals surface area contributed by atoms with Gasteiger partial charge in [-0.3, -0.25) is 9.78 Å². The minimum atomic E-state index is -0.502. The molecule has 1 saturated heterocycles. The molecule has 1 aromatic carbocycles. The number of aromatic nitrogens is 3. The van der Waals surface area contributed by atoms with Crippen molar-refractivity contribution in [3.05, 3.63) is 60.2 Å². The van der Waals surface area contributed by atoms with Crippen LogP contribution in [-0.2, 0) is 16.1 Å². The van der Waals surface area contributed by atoms with Crippen LogP contribution in [0, 0.1) is 0 Å². The van der Waals surface area contributed by atoms with Crippen molar-refractivity contribution in [2.45, 2.75) is 25.9 Å². The van der Waals surface area contributed by atoms with E-state index in [1.807, 2.05) is 6.07 Å². The van der Waals surface area contributed by atoms with Gasteiger partial charge in [0.05, 0.1) is 5.56 Å². The molecule has 0 unspecified atom stereocenters. The Morgan fingerprint density at radius 2 is 2.04 bits per heavy atom. The molecule has 0 radical (unpaired) electrons. The van der Waals surface area contributed by atoms with E-state index in [0.717, 1.165) is 18.5 Å². The molecule has 0 saturated carbocycles. The molecule has 0 aliphatic carbocycles. The molecule has 0 atom stereocenters. The number of hydrogen-bond acceptors (Lipinski definition) is 7. The Bertz CT molecular complexity index is 969. The van der Waals surface area contributed by atoms with Crippen molar-refractivity contribution in [2.75, 3.05) is 11.4 Å². The monoisotopic (exact) mass is 378 g/mol. The maximum Gasteiger partial charge on any atom is 0.338 e. The van der Waals surface area contributed by atoms with Crippen LogP contribution in [0.15, 0.2) is 53.3 Å². The number of amides is 1. The standard InChI is InChI=1S/C20H18N4O4/c25-18-5-1-2-11-24(18)16-8-6-14(7-9-16)20(26)27-13-17-22-19(23-28-17)15-4-3-10-21-12-15/h3-4,6-10,12H,1-2,5,11,13H2. The fourth-order valence-electron chi connectivity index (χ4n) is 2.99. The summed E-state index contributed by atoms with van der Waals surface area (Å²) in [7, 11) is 0. The molecule has 4 rings (SSSR count). The summed E-state index contributed by atoms with van der Waals surface area (Å²) in [4.78, 5) is 34.2. The van der Waals surface area contributed by atoms with E-state index in [0.29, 0.717) is 29.9 Å². The minimum absolute atomic E-state index is 0.113. The summed E-state index contributed by atoms with van der Waals surface area (Å²) in [5.41, 5.74) is 1.89. The summed E-state index contributed by atoms with van der Waals surface area (Å²) in [6, 6.07) is 10.4. The molecule has 1 fully saturated rings. The largest absolute Gasteiger partial charge is 0.452 e. The van der Waals surface area contributed by atoms with E-state index in [1.165, 1.54) is 0 Å². The van der Waals surface area contributed by atoms with Gasteiger partial charge in [0, 0.05) is 36.6 Å². The lowest BCUT2D eigenvalue weighted by Gasteiger charge is -2.26. The van der Waals surface area contributed by atoms with E-state index in [1.54, 1.807) is 47.6 Å². The van der Waals surface area contributed by atoms with E-state index < -0.39 is 5.97 Å². The lowest BCUT2D eigenvalue weighted by molar-refractivity contribution is -0.119. The smallest absolute Gasteiger partial charge is 0.338 e. The van der Waals surface area contributed by atoms with Crippen molar-refractivity contribution >= 4 is 17.6 Å². The second-order valence-corrected chi connectivity index (χ2v) is 6.38. The minimum Gasteiger partial charge on any atom is -0.452 e. The average molecular weight is 378 g/mol. The van der Waals surface area contributed by atoms with Crippen molar-refractivity contribution in [1.82, 2.24) is 15.1 Å². The van der Waals surface area contributed by atoms with Crippen LogP contribution in [0.1, 0.15) is 35.5 Å². The molecule has 28 heavy (non-hydrogen) atoms. The van der Waals surface area contributed by atoms with Gasteiger partial charge in [-0.2, -0.15) is 4.98 Å². The molecule has 8 nitrogen and oxygen atoms in total. The fraction of sp³-hybridized carbons (Fsp3) is 0.250. The molecule has 0 spiro atoms. The van der Waals surface area contributed by atoms with E-state index in [4.69, 9.17) is 9.26 Å². The number of carbonyl (C=O) groups excluding carboxylic acids is 2. The second kappa shape index (κ2) is 7.99. The van der Waals surface area contributed by atoms with Crippen molar-refractivity contribution in [3.8, 4) is 11.4 Å². The van der Waals surface area contributed by atoms with Gasteiger partial charge in [0.1, 0.15) is 0 Å². The molecule has 1 aliphatic rings. The molecule has 142 valence electrons. The highest BCUT2D eigenvalue weighted by atomic mass is 16.6. The van der Waals surface area contributed by atoms with Gasteiger partial charge in [-0.15, -0.1) is 0 Å². The Hall–Kier alpha value is -3.55. The van der Waals surface area contributed by atoms with Gasteiger partial charge in [0.2, 0.25) is 11.7 Å². The predicted octanol–water partition coefficient (Wildman–Crippen LogP) is 3.01. The third-order valence-corrected chi connectivity index (χ3v) is 4.45. The quantitative estimate of drug-likeness (QED) is 0.629. The van der Waals surface area contributed by atoms with E-state index in [9.17, 15) is 9.59 Å². The molecule has 3 aromatic rings. The number of esters is 1. The van der Waals surface area contributed by atoms with Crippen LogP contribution in [0.5, 0.6) is 0 Å². The van der Waals surface area contributed by atoms with Crippen LogP contribution < -0.4 is 4.90 Å². The lowest BCUT2D eigenvalue weighted by Crippen LogP contribution is -2.35. The third kappa shape index (κ3) is 3.90. The molecule has 2 aromatic heterocycles. The number of benzene rings is 1. The van der Waals surface area contributed by atoms with Crippen LogP contribution in [0.2, 0.25) is 0 Å². The van der Waals surface area contributed by atoms with Gasteiger partial charge in [-0.1, -0.05) is 5.16 Å². The summed E-state index contributed by atoms with van der Waals surface area (Å²) in [5, 5.41) is 3.85. The van der Waals surface area contributed by atoms with Crippen molar-refractivity contribution in [1.29, 1.82) is 0 Å². The second-order valence-electron chi connectivity index (χ2n) is 6.38. The Morgan fingerprint density at radius 3 is 2.79 bits per heavy atom. The van der Waals surface area contributed by atoms with E-state index in [2.05, 4.69) is 15.1 Å². The molecular weight excluding hydrogens is 360 g/mol. The lowest BCUT2D eigenvalue weighted by atomic mass is 10.1. The Kier molecular flexibility index (Phi) is 5.09. The van der Waals surface area contributed by atoms with Crippen LogP contribution >= 0.6 is 0 Å².